The second-order valence-electron chi connectivity index (χ2n) is 7.60. The molecule has 29 heavy (non-hydrogen) atoms. The number of fused-ring (bicyclic) bond motifs is 1. The lowest BCUT2D eigenvalue weighted by Gasteiger charge is -2.43. The summed E-state index contributed by atoms with van der Waals surface area (Å²) in [4.78, 5) is 28.0. The fraction of sp³-hybridized carbons (Fsp3) is 0.381. The van der Waals surface area contributed by atoms with Gasteiger partial charge in [-0.3, -0.25) is 19.9 Å². The number of anilines is 1. The summed E-state index contributed by atoms with van der Waals surface area (Å²) in [5.74, 6) is 0.353. The highest BCUT2D eigenvalue weighted by molar-refractivity contribution is 7.99. The Bertz CT molecular complexity index is 952. The Hall–Kier alpha value is -2.29. The Morgan fingerprint density at radius 1 is 1.34 bits per heavy atom. The molecule has 3 atom stereocenters. The second-order valence-corrected chi connectivity index (χ2v) is 8.77. The van der Waals surface area contributed by atoms with E-state index in [0.29, 0.717) is 22.7 Å². The van der Waals surface area contributed by atoms with E-state index in [-0.39, 0.29) is 22.8 Å². The predicted octanol–water partition coefficient (Wildman–Crippen LogP) is 3.25. The minimum Gasteiger partial charge on any atom is -0.321 e. The Morgan fingerprint density at radius 2 is 2.17 bits per heavy atom. The van der Waals surface area contributed by atoms with Crippen molar-refractivity contribution in [3.63, 3.8) is 0 Å². The SMILES string of the molecule is CC(=O)c1ccc(C(=O)Nc2ccc(F)c([C@]34CCCC3CSC(N)N4)c2)nc1. The maximum atomic E-state index is 14.9. The number of hydrogen-bond acceptors (Lipinski definition) is 6. The molecule has 6 nitrogen and oxygen atoms in total. The molecule has 0 bridgehead atoms. The zero-order valence-corrected chi connectivity index (χ0v) is 16.9. The van der Waals surface area contributed by atoms with Gasteiger partial charge in [-0.05, 0) is 56.0 Å². The van der Waals surface area contributed by atoms with E-state index in [4.69, 9.17) is 5.73 Å². The molecule has 2 unspecified atom stereocenters. The third-order valence-corrected chi connectivity index (χ3v) is 6.88. The van der Waals surface area contributed by atoms with E-state index >= 15 is 0 Å². The van der Waals surface area contributed by atoms with Crippen LogP contribution in [0.1, 0.15) is 52.6 Å². The van der Waals surface area contributed by atoms with Crippen LogP contribution in [0.4, 0.5) is 10.1 Å². The Morgan fingerprint density at radius 3 is 2.90 bits per heavy atom. The van der Waals surface area contributed by atoms with E-state index in [9.17, 15) is 14.0 Å². The molecule has 0 radical (unpaired) electrons. The molecule has 2 aromatic rings. The standard InChI is InChI=1S/C21H23FN4O2S/c1-12(27)13-4-7-18(24-10-13)19(28)25-15-5-6-17(22)16(9-15)21-8-2-3-14(21)11-29-20(23)26-21/h4-7,9-10,14,20,26H,2-3,8,11,23H2,1H3,(H,25,28)/t14?,20?,21-/m0/s1. The number of Topliss-reactive ketones (excluding diaryl/α,β-unsaturated/α-hetero) is 1. The molecule has 1 aliphatic heterocycles. The smallest absolute Gasteiger partial charge is 0.274 e. The zero-order chi connectivity index (χ0) is 20.6. The van der Waals surface area contributed by atoms with Crippen molar-refractivity contribution in [1.82, 2.24) is 10.3 Å². The molecular formula is C21H23FN4O2S. The number of benzene rings is 1. The fourth-order valence-corrected chi connectivity index (χ4v) is 5.50. The first-order chi connectivity index (χ1) is 13.9. The molecule has 1 saturated carbocycles. The Kier molecular flexibility index (Phi) is 5.42. The highest BCUT2D eigenvalue weighted by atomic mass is 32.2. The zero-order valence-electron chi connectivity index (χ0n) is 16.1. The molecule has 2 fully saturated rings. The number of nitrogens with one attached hydrogen (secondary N) is 2. The highest BCUT2D eigenvalue weighted by Gasteiger charge is 2.49. The Balaban J connectivity index is 1.60. The van der Waals surface area contributed by atoms with Gasteiger partial charge in [-0.15, -0.1) is 11.8 Å². The number of amides is 1. The van der Waals surface area contributed by atoms with Gasteiger partial charge < -0.3 is 11.1 Å². The van der Waals surface area contributed by atoms with E-state index < -0.39 is 11.4 Å². The predicted molar refractivity (Wildman–Crippen MR) is 111 cm³/mol. The van der Waals surface area contributed by atoms with Gasteiger partial charge in [0.15, 0.2) is 5.78 Å². The number of pyridine rings is 1. The third-order valence-electron chi connectivity index (χ3n) is 5.80. The summed E-state index contributed by atoms with van der Waals surface area (Å²) in [7, 11) is 0. The third kappa shape index (κ3) is 3.80. The van der Waals surface area contributed by atoms with Crippen LogP contribution in [-0.2, 0) is 5.54 Å². The lowest BCUT2D eigenvalue weighted by Crippen LogP contribution is -2.57. The quantitative estimate of drug-likeness (QED) is 0.665. The van der Waals surface area contributed by atoms with Crippen molar-refractivity contribution >= 4 is 29.1 Å². The fourth-order valence-electron chi connectivity index (χ4n) is 4.32. The minimum atomic E-state index is -0.503. The number of ketones is 1. The summed E-state index contributed by atoms with van der Waals surface area (Å²) < 4.78 is 14.9. The molecule has 4 rings (SSSR count). The van der Waals surface area contributed by atoms with Crippen LogP contribution in [0.15, 0.2) is 36.5 Å². The Labute approximate surface area is 172 Å². The number of aromatic nitrogens is 1. The topological polar surface area (TPSA) is 97.1 Å². The van der Waals surface area contributed by atoms with Gasteiger partial charge in [0.1, 0.15) is 17.0 Å². The van der Waals surface area contributed by atoms with Crippen LogP contribution in [0.25, 0.3) is 0 Å². The lowest BCUT2D eigenvalue weighted by atomic mass is 9.80. The van der Waals surface area contributed by atoms with Crippen molar-refractivity contribution in [1.29, 1.82) is 0 Å². The maximum Gasteiger partial charge on any atom is 0.274 e. The summed E-state index contributed by atoms with van der Waals surface area (Å²) in [6, 6.07) is 7.69. The van der Waals surface area contributed by atoms with E-state index in [1.807, 2.05) is 0 Å². The molecule has 0 spiro atoms. The summed E-state index contributed by atoms with van der Waals surface area (Å²) in [5, 5.41) is 6.21. The van der Waals surface area contributed by atoms with Crippen molar-refractivity contribution in [2.45, 2.75) is 37.2 Å². The molecule has 4 N–H and O–H groups in total. The molecule has 1 aliphatic carbocycles. The van der Waals surface area contributed by atoms with Crippen LogP contribution in [0.3, 0.4) is 0 Å². The average Bonchev–Trinajstić information content (AvgIpc) is 3.13. The number of hydrogen-bond donors (Lipinski definition) is 3. The van der Waals surface area contributed by atoms with Gasteiger partial charge in [-0.1, -0.05) is 6.42 Å². The number of halogens is 1. The van der Waals surface area contributed by atoms with E-state index in [1.165, 1.54) is 25.3 Å². The van der Waals surface area contributed by atoms with Gasteiger partial charge in [0.2, 0.25) is 0 Å². The van der Waals surface area contributed by atoms with Gasteiger partial charge in [0.25, 0.3) is 5.91 Å². The number of carbonyl (C=O) groups is 2. The van der Waals surface area contributed by atoms with Crippen LogP contribution in [0.2, 0.25) is 0 Å². The van der Waals surface area contributed by atoms with Crippen molar-refractivity contribution in [2.75, 3.05) is 11.1 Å². The summed E-state index contributed by atoms with van der Waals surface area (Å²) in [6.07, 6.45) is 4.22. The molecule has 1 saturated heterocycles. The van der Waals surface area contributed by atoms with E-state index in [2.05, 4.69) is 15.6 Å². The molecule has 1 aromatic carbocycles. The lowest BCUT2D eigenvalue weighted by molar-refractivity contribution is 0.100. The van der Waals surface area contributed by atoms with Gasteiger partial charge in [0, 0.05) is 28.8 Å². The number of nitrogens with two attached hydrogens (primary N) is 1. The number of carbonyl (C=O) groups excluding carboxylic acids is 2. The van der Waals surface area contributed by atoms with Crippen molar-refractivity contribution < 1.29 is 14.0 Å². The summed E-state index contributed by atoms with van der Waals surface area (Å²) in [5.41, 5.74) is 7.04. The second kappa shape index (κ2) is 7.85. The maximum absolute atomic E-state index is 14.9. The minimum absolute atomic E-state index is 0.116. The number of nitrogens with zero attached hydrogens (tertiary/aromatic N) is 1. The molecule has 152 valence electrons. The monoisotopic (exact) mass is 414 g/mol. The van der Waals surface area contributed by atoms with Gasteiger partial charge >= 0.3 is 0 Å². The van der Waals surface area contributed by atoms with Crippen molar-refractivity contribution in [2.24, 2.45) is 11.7 Å². The molecular weight excluding hydrogens is 391 g/mol. The first kappa shape index (κ1) is 20.0. The molecule has 2 heterocycles. The van der Waals surface area contributed by atoms with Gasteiger partial charge in [0.05, 0.1) is 5.54 Å². The molecule has 1 aromatic heterocycles. The summed E-state index contributed by atoms with van der Waals surface area (Å²) in [6.45, 7) is 1.44. The van der Waals surface area contributed by atoms with Crippen molar-refractivity contribution in [3.05, 3.63) is 59.2 Å². The first-order valence-electron chi connectivity index (χ1n) is 9.62. The normalized spacial score (nSPS) is 26.0. The van der Waals surface area contributed by atoms with Crippen LogP contribution in [0, 0.1) is 11.7 Å². The molecule has 2 aliphatic rings. The van der Waals surface area contributed by atoms with E-state index in [0.717, 1.165) is 25.0 Å². The molecule has 1 amide bonds. The number of rotatable bonds is 4. The first-order valence-corrected chi connectivity index (χ1v) is 10.7. The van der Waals surface area contributed by atoms with Gasteiger partial charge in [-0.2, -0.15) is 0 Å². The molecule has 8 heteroatoms. The summed E-state index contributed by atoms with van der Waals surface area (Å²) >= 11 is 1.65. The van der Waals surface area contributed by atoms with Crippen LogP contribution < -0.4 is 16.4 Å². The average molecular weight is 415 g/mol. The van der Waals surface area contributed by atoms with Gasteiger partial charge in [-0.25, -0.2) is 4.39 Å². The van der Waals surface area contributed by atoms with E-state index in [1.54, 1.807) is 30.0 Å². The van der Waals surface area contributed by atoms with Crippen LogP contribution in [0.5, 0.6) is 0 Å². The highest BCUT2D eigenvalue weighted by Crippen LogP contribution is 2.49. The van der Waals surface area contributed by atoms with Crippen molar-refractivity contribution in [3.8, 4) is 0 Å². The largest absolute Gasteiger partial charge is 0.321 e. The van der Waals surface area contributed by atoms with Crippen LogP contribution in [-0.4, -0.2) is 27.9 Å². The number of thioether (sulfide) groups is 1. The van der Waals surface area contributed by atoms with Crippen LogP contribution >= 0.6 is 11.8 Å².